The zero-order chi connectivity index (χ0) is 30.7. The van der Waals surface area contributed by atoms with E-state index in [0.29, 0.717) is 0 Å². The molecule has 0 fully saturated rings. The van der Waals surface area contributed by atoms with Crippen molar-refractivity contribution in [2.75, 3.05) is 0 Å². The number of hydrogen-bond acceptors (Lipinski definition) is 1. The molecule has 0 N–H and O–H groups in total. The molecule has 7 aromatic rings. The van der Waals surface area contributed by atoms with Crippen LogP contribution in [-0.2, 0) is 5.41 Å². The Morgan fingerprint density at radius 2 is 0.891 bits per heavy atom. The third kappa shape index (κ3) is 3.81. The van der Waals surface area contributed by atoms with E-state index < -0.39 is 18.7 Å². The molecule has 1 spiro atoms. The van der Waals surface area contributed by atoms with Crippen LogP contribution in [0.1, 0.15) is 22.3 Å². The van der Waals surface area contributed by atoms with Crippen LogP contribution in [0.25, 0.3) is 11.1 Å². The third-order valence-electron chi connectivity index (χ3n) is 9.95. The van der Waals surface area contributed by atoms with Gasteiger partial charge in [0, 0.05) is 0 Å². The normalized spacial score (nSPS) is 13.7. The maximum atomic E-state index is 6.62. The van der Waals surface area contributed by atoms with Crippen LogP contribution >= 0.6 is 15.9 Å². The fourth-order valence-electron chi connectivity index (χ4n) is 8.19. The van der Waals surface area contributed by atoms with Gasteiger partial charge in [-0.1, -0.05) is 0 Å². The van der Waals surface area contributed by atoms with Gasteiger partial charge >= 0.3 is 282 Å². The van der Waals surface area contributed by atoms with Crippen LogP contribution in [0, 0.1) is 0 Å². The molecule has 7 aromatic carbocycles. The Bertz CT molecular complexity index is 2170. The van der Waals surface area contributed by atoms with Gasteiger partial charge in [0.05, 0.1) is 0 Å². The zero-order valence-electron chi connectivity index (χ0n) is 25.0. The third-order valence-corrected chi connectivity index (χ3v) is 20.4. The molecule has 1 aliphatic carbocycles. The zero-order valence-corrected chi connectivity index (χ0v) is 28.7. The number of halogens is 1. The summed E-state index contributed by atoms with van der Waals surface area (Å²) in [6.07, 6.45) is 0. The van der Waals surface area contributed by atoms with E-state index in [2.05, 4.69) is 192 Å². The molecule has 3 heteroatoms. The van der Waals surface area contributed by atoms with Crippen molar-refractivity contribution in [2.24, 2.45) is 0 Å². The Balaban J connectivity index is 1.44. The molecule has 0 aromatic heterocycles. The van der Waals surface area contributed by atoms with Gasteiger partial charge in [0.15, 0.2) is 0 Å². The van der Waals surface area contributed by atoms with Gasteiger partial charge in [0.1, 0.15) is 0 Å². The van der Waals surface area contributed by atoms with E-state index in [0.717, 1.165) is 16.0 Å². The standard InChI is InChI=1S/C43H29BrGeO/c44-30-14-13-19-33(28-30)45(31-15-3-1-4-16-31,32-17-5-2-6-18-32)34-26-27-36-35-20-7-8-21-37(35)43(40(36)29-34)38-22-9-11-24-41(38)46-42-25-12-10-23-39(42)43/h1-29H. The summed E-state index contributed by atoms with van der Waals surface area (Å²) in [6.45, 7) is 0. The number of rotatable bonds is 4. The van der Waals surface area contributed by atoms with Crippen molar-refractivity contribution in [3.05, 3.63) is 203 Å². The molecule has 1 aliphatic heterocycles. The fraction of sp³-hybridized carbons (Fsp3) is 0.0233. The number of para-hydroxylation sites is 2. The Morgan fingerprint density at radius 1 is 0.391 bits per heavy atom. The van der Waals surface area contributed by atoms with Crippen molar-refractivity contribution in [1.29, 1.82) is 0 Å². The first-order valence-corrected chi connectivity index (χ1v) is 20.7. The topological polar surface area (TPSA) is 9.23 Å². The van der Waals surface area contributed by atoms with Crippen LogP contribution < -0.4 is 22.3 Å². The van der Waals surface area contributed by atoms with Crippen molar-refractivity contribution in [3.8, 4) is 22.6 Å². The molecule has 1 nitrogen and oxygen atoms in total. The molecule has 2 aliphatic rings. The molecule has 0 atom stereocenters. The second kappa shape index (κ2) is 10.7. The van der Waals surface area contributed by atoms with Gasteiger partial charge in [0.2, 0.25) is 0 Å². The number of hydrogen-bond donors (Lipinski definition) is 0. The summed E-state index contributed by atoms with van der Waals surface area (Å²) in [5.74, 6) is 1.83. The quantitative estimate of drug-likeness (QED) is 0.167. The predicted octanol–water partition coefficient (Wildman–Crippen LogP) is 8.30. The molecule has 9 rings (SSSR count). The van der Waals surface area contributed by atoms with Gasteiger partial charge < -0.3 is 0 Å². The van der Waals surface area contributed by atoms with Crippen molar-refractivity contribution >= 4 is 46.8 Å². The van der Waals surface area contributed by atoms with Crippen molar-refractivity contribution in [3.63, 3.8) is 0 Å². The number of fused-ring (bicyclic) bond motifs is 9. The molecule has 1 heterocycles. The van der Waals surface area contributed by atoms with E-state index in [1.165, 1.54) is 51.0 Å². The van der Waals surface area contributed by atoms with Crippen LogP contribution in [0.5, 0.6) is 11.5 Å². The molecule has 218 valence electrons. The van der Waals surface area contributed by atoms with Gasteiger partial charge in [0.25, 0.3) is 0 Å². The van der Waals surface area contributed by atoms with Gasteiger partial charge in [-0.25, -0.2) is 0 Å². The second-order valence-electron chi connectivity index (χ2n) is 12.1. The van der Waals surface area contributed by atoms with Gasteiger partial charge in [-0.2, -0.15) is 0 Å². The summed E-state index contributed by atoms with van der Waals surface area (Å²) in [5.41, 5.74) is 7.09. The minimum absolute atomic E-state index is 0.508. The first kappa shape index (κ1) is 27.7. The Kier molecular flexibility index (Phi) is 6.45. The molecule has 46 heavy (non-hydrogen) atoms. The van der Waals surface area contributed by atoms with Gasteiger partial charge in [-0.3, -0.25) is 0 Å². The number of benzene rings is 7. The van der Waals surface area contributed by atoms with Crippen LogP contribution in [0.4, 0.5) is 0 Å². The Hall–Kier alpha value is -4.64. The Morgan fingerprint density at radius 3 is 1.52 bits per heavy atom. The summed E-state index contributed by atoms with van der Waals surface area (Å²) < 4.78 is 13.3. The second-order valence-corrected chi connectivity index (χ2v) is 21.1. The van der Waals surface area contributed by atoms with Crippen LogP contribution in [-0.4, -0.2) is 13.3 Å². The average molecular weight is 714 g/mol. The molecular formula is C43H29BrGeO. The molecule has 0 unspecified atom stereocenters. The minimum atomic E-state index is -3.58. The number of ether oxygens (including phenoxy) is 1. The van der Waals surface area contributed by atoms with E-state index in [9.17, 15) is 0 Å². The van der Waals surface area contributed by atoms with E-state index in [1.807, 2.05) is 0 Å². The molecular weight excluding hydrogens is 685 g/mol. The van der Waals surface area contributed by atoms with Gasteiger partial charge in [-0.05, 0) is 0 Å². The first-order chi connectivity index (χ1) is 22.7. The summed E-state index contributed by atoms with van der Waals surface area (Å²) in [6, 6.07) is 65.1. The van der Waals surface area contributed by atoms with E-state index in [-0.39, 0.29) is 0 Å². The predicted molar refractivity (Wildman–Crippen MR) is 195 cm³/mol. The van der Waals surface area contributed by atoms with Crippen LogP contribution in [0.2, 0.25) is 0 Å². The SMILES string of the molecule is Brc1ccc[c]([Ge]([c]2ccccc2)([c]2ccccc2)[c]2ccc3c(c2)C2(c4ccccc4Oc4ccccc42)c2ccccc2-3)c1. The summed E-state index contributed by atoms with van der Waals surface area (Å²) in [5, 5.41) is 0. The van der Waals surface area contributed by atoms with Crippen molar-refractivity contribution in [1.82, 2.24) is 0 Å². The van der Waals surface area contributed by atoms with Crippen molar-refractivity contribution in [2.45, 2.75) is 5.41 Å². The Labute approximate surface area is 280 Å². The van der Waals surface area contributed by atoms with Gasteiger partial charge in [-0.15, -0.1) is 0 Å². The molecule has 0 amide bonds. The molecule has 0 bridgehead atoms. The maximum absolute atomic E-state index is 6.62. The van der Waals surface area contributed by atoms with E-state index in [4.69, 9.17) is 4.74 Å². The van der Waals surface area contributed by atoms with E-state index >= 15 is 0 Å². The van der Waals surface area contributed by atoms with E-state index in [1.54, 1.807) is 0 Å². The molecule has 0 saturated heterocycles. The first-order valence-electron chi connectivity index (χ1n) is 15.7. The van der Waals surface area contributed by atoms with Crippen molar-refractivity contribution < 1.29 is 4.74 Å². The van der Waals surface area contributed by atoms with Crippen LogP contribution in [0.3, 0.4) is 0 Å². The monoisotopic (exact) mass is 714 g/mol. The summed E-state index contributed by atoms with van der Waals surface area (Å²) >= 11 is 0.272. The summed E-state index contributed by atoms with van der Waals surface area (Å²) in [4.78, 5) is 0. The molecule has 0 radical (unpaired) electrons. The molecule has 0 saturated carbocycles. The summed E-state index contributed by atoms with van der Waals surface area (Å²) in [7, 11) is 0. The fourth-order valence-corrected chi connectivity index (χ4v) is 19.1. The average Bonchev–Trinajstić information content (AvgIpc) is 3.40. The van der Waals surface area contributed by atoms with Crippen LogP contribution in [0.15, 0.2) is 180 Å².